The van der Waals surface area contributed by atoms with Crippen molar-refractivity contribution in [2.24, 2.45) is 7.05 Å². The number of nitrogens with zero attached hydrogens (tertiary/aromatic N) is 3. The van der Waals surface area contributed by atoms with Gasteiger partial charge in [-0.3, -0.25) is 14.7 Å². The molecular weight excluding hydrogens is 559 g/mol. The second-order valence-corrected chi connectivity index (χ2v) is 10.7. The van der Waals surface area contributed by atoms with Gasteiger partial charge in [0.1, 0.15) is 5.75 Å². The molecule has 0 saturated heterocycles. The molecule has 0 atom stereocenters. The van der Waals surface area contributed by atoms with E-state index < -0.39 is 10.0 Å². The predicted molar refractivity (Wildman–Crippen MR) is 160 cm³/mol. The Morgan fingerprint density at radius 3 is 2.41 bits per heavy atom. The van der Waals surface area contributed by atoms with Crippen LogP contribution in [0.25, 0.3) is 10.9 Å². The first-order valence-corrected chi connectivity index (χ1v) is 13.9. The van der Waals surface area contributed by atoms with E-state index in [-0.39, 0.29) is 36.1 Å². The van der Waals surface area contributed by atoms with Crippen LogP contribution in [-0.4, -0.2) is 49.1 Å². The fourth-order valence-corrected chi connectivity index (χ4v) is 5.29. The normalized spacial score (nSPS) is 11.1. The number of hydrogen-bond acceptors (Lipinski definition) is 6. The van der Waals surface area contributed by atoms with Gasteiger partial charge in [0.15, 0.2) is 0 Å². The monoisotopic (exact) mass is 592 g/mol. The summed E-state index contributed by atoms with van der Waals surface area (Å²) in [6, 6.07) is 22.2. The van der Waals surface area contributed by atoms with Gasteiger partial charge in [0.2, 0.25) is 10.0 Å². The Hall–Kier alpha value is -2.95. The molecule has 0 unspecified atom stereocenters. The summed E-state index contributed by atoms with van der Waals surface area (Å²) in [5, 5.41) is 0.946. The van der Waals surface area contributed by atoms with E-state index in [9.17, 15) is 13.2 Å². The maximum Gasteiger partial charge on any atom is 0.250 e. The van der Waals surface area contributed by atoms with Gasteiger partial charge in [-0.1, -0.05) is 30.3 Å². The summed E-state index contributed by atoms with van der Waals surface area (Å²) >= 11 is 0. The van der Waals surface area contributed by atoms with E-state index in [2.05, 4.69) is 14.6 Å². The molecule has 0 bridgehead atoms. The summed E-state index contributed by atoms with van der Waals surface area (Å²) in [6.07, 6.45) is 4.29. The fraction of sp³-hybridized carbons (Fsp3) is 0.286. The molecule has 2 aromatic carbocycles. The zero-order valence-corrected chi connectivity index (χ0v) is 24.2. The Morgan fingerprint density at radius 1 is 0.923 bits per heavy atom. The van der Waals surface area contributed by atoms with Crippen molar-refractivity contribution in [1.29, 1.82) is 0 Å². The van der Waals surface area contributed by atoms with Gasteiger partial charge in [-0.05, 0) is 53.9 Å². The number of halogens is 2. The van der Waals surface area contributed by atoms with E-state index in [4.69, 9.17) is 4.74 Å². The van der Waals surface area contributed by atoms with Crippen LogP contribution < -0.4 is 15.0 Å². The lowest BCUT2D eigenvalue weighted by Gasteiger charge is -2.22. The number of aromatic nitrogens is 2. The van der Waals surface area contributed by atoms with Gasteiger partial charge in [-0.15, -0.1) is 24.8 Å². The Balaban J connectivity index is 0.00000267. The highest BCUT2D eigenvalue weighted by molar-refractivity contribution is 7.88. The minimum Gasteiger partial charge on any atom is -0.494 e. The lowest BCUT2D eigenvalue weighted by molar-refractivity contribution is 0.231. The van der Waals surface area contributed by atoms with E-state index in [0.717, 1.165) is 40.7 Å². The smallest absolute Gasteiger partial charge is 0.250 e. The Morgan fingerprint density at radius 2 is 1.67 bits per heavy atom. The van der Waals surface area contributed by atoms with Crippen molar-refractivity contribution < 1.29 is 13.2 Å². The lowest BCUT2D eigenvalue weighted by Crippen LogP contribution is -2.36. The SMILES string of the molecule is Cl.Cl.Cn1c(=O)ccc2cc(OCCCN(CCNS(=O)(=O)Cc3ccccc3)Cc3ccncc3)ccc21. The van der Waals surface area contributed by atoms with Crippen molar-refractivity contribution in [3.05, 3.63) is 107 Å². The Labute approximate surface area is 241 Å². The molecule has 2 heterocycles. The van der Waals surface area contributed by atoms with E-state index >= 15 is 0 Å². The minimum absolute atomic E-state index is 0. The molecule has 0 fully saturated rings. The zero-order chi connectivity index (χ0) is 26.1. The van der Waals surface area contributed by atoms with Gasteiger partial charge >= 0.3 is 0 Å². The summed E-state index contributed by atoms with van der Waals surface area (Å²) < 4.78 is 35.3. The third-order valence-electron chi connectivity index (χ3n) is 6.09. The largest absolute Gasteiger partial charge is 0.494 e. The molecule has 11 heteroatoms. The topological polar surface area (TPSA) is 93.5 Å². The number of fused-ring (bicyclic) bond motifs is 1. The van der Waals surface area contributed by atoms with Crippen LogP contribution in [0.1, 0.15) is 17.5 Å². The highest BCUT2D eigenvalue weighted by atomic mass is 35.5. The Kier molecular flexibility index (Phi) is 12.9. The molecule has 39 heavy (non-hydrogen) atoms. The third-order valence-corrected chi connectivity index (χ3v) is 7.45. The van der Waals surface area contributed by atoms with Gasteiger partial charge in [-0.2, -0.15) is 0 Å². The maximum absolute atomic E-state index is 12.5. The van der Waals surface area contributed by atoms with Gasteiger partial charge in [0.05, 0.1) is 17.9 Å². The van der Waals surface area contributed by atoms with E-state index in [1.54, 1.807) is 36.1 Å². The quantitative estimate of drug-likeness (QED) is 0.234. The van der Waals surface area contributed by atoms with Crippen molar-refractivity contribution in [2.45, 2.75) is 18.7 Å². The van der Waals surface area contributed by atoms with Crippen molar-refractivity contribution in [2.75, 3.05) is 26.2 Å². The highest BCUT2D eigenvalue weighted by Crippen LogP contribution is 2.19. The van der Waals surface area contributed by atoms with Crippen molar-refractivity contribution in [3.8, 4) is 5.75 Å². The van der Waals surface area contributed by atoms with Gasteiger partial charge in [0.25, 0.3) is 5.56 Å². The number of ether oxygens (including phenoxy) is 1. The molecule has 0 saturated carbocycles. The molecule has 4 aromatic rings. The predicted octanol–water partition coefficient (Wildman–Crippen LogP) is 4.17. The molecule has 4 rings (SSSR count). The first kappa shape index (κ1) is 32.3. The molecule has 0 amide bonds. The maximum atomic E-state index is 12.5. The second kappa shape index (κ2) is 15.6. The van der Waals surface area contributed by atoms with Crippen LogP contribution >= 0.6 is 24.8 Å². The van der Waals surface area contributed by atoms with Crippen molar-refractivity contribution in [3.63, 3.8) is 0 Å². The standard InChI is InChI=1S/C28H32N4O4S.2ClH/c1-31-27-10-9-26(20-25(27)8-11-28(31)33)36-19-5-17-32(21-23-12-14-29-15-13-23)18-16-30-37(34,35)22-24-6-3-2-4-7-24;;/h2-4,6-15,20,30H,5,16-19,21-22H2,1H3;2*1H. The molecule has 2 aromatic heterocycles. The number of aryl methyl sites for hydroxylation is 1. The average molecular weight is 594 g/mol. The van der Waals surface area contributed by atoms with Gasteiger partial charge in [-0.25, -0.2) is 13.1 Å². The van der Waals surface area contributed by atoms with Crippen LogP contribution in [0.15, 0.2) is 90.0 Å². The van der Waals surface area contributed by atoms with E-state index in [1.807, 2.05) is 60.7 Å². The number of rotatable bonds is 13. The molecule has 0 spiro atoms. The highest BCUT2D eigenvalue weighted by Gasteiger charge is 2.13. The summed E-state index contributed by atoms with van der Waals surface area (Å²) in [7, 11) is -1.67. The number of pyridine rings is 2. The van der Waals surface area contributed by atoms with Crippen LogP contribution in [-0.2, 0) is 29.4 Å². The second-order valence-electron chi connectivity index (χ2n) is 8.92. The molecule has 0 radical (unpaired) electrons. The summed E-state index contributed by atoms with van der Waals surface area (Å²) in [6.45, 7) is 2.84. The van der Waals surface area contributed by atoms with E-state index in [0.29, 0.717) is 26.2 Å². The lowest BCUT2D eigenvalue weighted by atomic mass is 10.2. The van der Waals surface area contributed by atoms with E-state index in [1.165, 1.54) is 0 Å². The Bertz CT molecular complexity index is 1470. The van der Waals surface area contributed by atoms with Crippen molar-refractivity contribution >= 4 is 45.7 Å². The zero-order valence-electron chi connectivity index (χ0n) is 21.7. The molecular formula is C28H34Cl2N4O4S. The molecule has 0 aliphatic carbocycles. The van der Waals surface area contributed by atoms with Crippen LogP contribution in [0.5, 0.6) is 5.75 Å². The van der Waals surface area contributed by atoms with Crippen LogP contribution in [0, 0.1) is 0 Å². The average Bonchev–Trinajstić information content (AvgIpc) is 2.89. The van der Waals surface area contributed by atoms with Gasteiger partial charge < -0.3 is 9.30 Å². The first-order chi connectivity index (χ1) is 17.9. The minimum atomic E-state index is -3.42. The molecule has 210 valence electrons. The summed E-state index contributed by atoms with van der Waals surface area (Å²) in [4.78, 5) is 18.1. The molecule has 1 N–H and O–H groups in total. The third kappa shape index (κ3) is 9.94. The number of sulfonamides is 1. The van der Waals surface area contributed by atoms with Crippen molar-refractivity contribution in [1.82, 2.24) is 19.2 Å². The summed E-state index contributed by atoms with van der Waals surface area (Å²) in [5.74, 6) is 0.715. The summed E-state index contributed by atoms with van der Waals surface area (Å²) in [5.41, 5.74) is 2.69. The van der Waals surface area contributed by atoms with Crippen LogP contribution in [0.3, 0.4) is 0 Å². The van der Waals surface area contributed by atoms with Gasteiger partial charge in [0, 0.05) is 57.1 Å². The number of nitrogens with one attached hydrogen (secondary N) is 1. The van der Waals surface area contributed by atoms with Crippen LogP contribution in [0.4, 0.5) is 0 Å². The number of benzene rings is 2. The molecule has 0 aliphatic heterocycles. The molecule has 8 nitrogen and oxygen atoms in total. The van der Waals surface area contributed by atoms with Crippen LogP contribution in [0.2, 0.25) is 0 Å². The fourth-order valence-electron chi connectivity index (χ4n) is 4.15. The first-order valence-electron chi connectivity index (χ1n) is 12.2. The number of hydrogen-bond donors (Lipinski definition) is 1. The molecule has 0 aliphatic rings.